The summed E-state index contributed by atoms with van der Waals surface area (Å²) in [6.07, 6.45) is 4.20. The van der Waals surface area contributed by atoms with Crippen LogP contribution in [-0.4, -0.2) is 41.5 Å². The number of benzene rings is 2. The Labute approximate surface area is 184 Å². The first-order valence-electron chi connectivity index (χ1n) is 9.77. The van der Waals surface area contributed by atoms with Crippen LogP contribution in [0.5, 0.6) is 0 Å². The molecule has 0 atom stereocenters. The van der Waals surface area contributed by atoms with Crippen LogP contribution in [0.25, 0.3) is 5.69 Å². The van der Waals surface area contributed by atoms with Gasteiger partial charge in [-0.2, -0.15) is 9.40 Å². The summed E-state index contributed by atoms with van der Waals surface area (Å²) >= 11 is 6.17. The van der Waals surface area contributed by atoms with Crippen molar-refractivity contribution in [3.8, 4) is 5.69 Å². The minimum atomic E-state index is -3.75. The fraction of sp³-hybridized carbons (Fsp3) is 0.238. The fourth-order valence-electron chi connectivity index (χ4n) is 3.40. The van der Waals surface area contributed by atoms with Gasteiger partial charge in [-0.25, -0.2) is 17.5 Å². The van der Waals surface area contributed by atoms with Crippen LogP contribution in [0.1, 0.15) is 29.8 Å². The van der Waals surface area contributed by atoms with Crippen LogP contribution in [0.3, 0.4) is 0 Å². The predicted octanol–water partition coefficient (Wildman–Crippen LogP) is 4.09. The number of anilines is 1. The Balaban J connectivity index is 1.54. The standard InChI is InChI=1S/C21H20ClFN4O3S/c22-18-9-6-16(14-20(18)31(29,30)26-11-2-1-3-12-26)24-21(28)19-10-13-27(25-19)17-7-4-15(23)5-8-17/h4-10,13-14H,1-3,11-12H2,(H,24,28). The van der Waals surface area contributed by atoms with Gasteiger partial charge in [0, 0.05) is 25.0 Å². The second kappa shape index (κ2) is 8.78. The summed E-state index contributed by atoms with van der Waals surface area (Å²) < 4.78 is 41.9. The third-order valence-electron chi connectivity index (χ3n) is 5.03. The van der Waals surface area contributed by atoms with E-state index in [2.05, 4.69) is 10.4 Å². The summed E-state index contributed by atoms with van der Waals surface area (Å²) in [4.78, 5) is 12.6. The number of carbonyl (C=O) groups excluding carboxylic acids is 1. The topological polar surface area (TPSA) is 84.3 Å². The molecule has 1 amide bonds. The van der Waals surface area contributed by atoms with Gasteiger partial charge in [0.25, 0.3) is 5.91 Å². The predicted molar refractivity (Wildman–Crippen MR) is 116 cm³/mol. The first-order chi connectivity index (χ1) is 14.8. The van der Waals surface area contributed by atoms with Gasteiger partial charge >= 0.3 is 0 Å². The van der Waals surface area contributed by atoms with Crippen LogP contribution in [0, 0.1) is 5.82 Å². The molecule has 1 aliphatic heterocycles. The Morgan fingerprint density at radius 2 is 1.74 bits per heavy atom. The second-order valence-electron chi connectivity index (χ2n) is 7.19. The van der Waals surface area contributed by atoms with E-state index < -0.39 is 15.9 Å². The van der Waals surface area contributed by atoms with Crippen LogP contribution >= 0.6 is 11.6 Å². The number of aromatic nitrogens is 2. The van der Waals surface area contributed by atoms with Gasteiger partial charge in [-0.05, 0) is 61.4 Å². The summed E-state index contributed by atoms with van der Waals surface area (Å²) in [5, 5.41) is 6.96. The van der Waals surface area contributed by atoms with Crippen molar-refractivity contribution in [1.82, 2.24) is 14.1 Å². The molecular weight excluding hydrogens is 443 g/mol. The summed E-state index contributed by atoms with van der Waals surface area (Å²) in [6.45, 7) is 0.909. The average Bonchev–Trinajstić information content (AvgIpc) is 3.26. The number of hydrogen-bond donors (Lipinski definition) is 1. The maximum absolute atomic E-state index is 13.1. The van der Waals surface area contributed by atoms with Crippen LogP contribution in [-0.2, 0) is 10.0 Å². The van der Waals surface area contributed by atoms with Crippen molar-refractivity contribution in [3.63, 3.8) is 0 Å². The minimum Gasteiger partial charge on any atom is -0.321 e. The molecule has 10 heteroatoms. The molecule has 2 heterocycles. The van der Waals surface area contributed by atoms with Crippen molar-refractivity contribution in [2.24, 2.45) is 0 Å². The fourth-order valence-corrected chi connectivity index (χ4v) is 5.42. The molecule has 2 aromatic carbocycles. The van der Waals surface area contributed by atoms with Crippen molar-refractivity contribution < 1.29 is 17.6 Å². The van der Waals surface area contributed by atoms with Gasteiger partial charge < -0.3 is 5.32 Å². The van der Waals surface area contributed by atoms with E-state index in [1.165, 1.54) is 45.4 Å². The number of halogens is 2. The van der Waals surface area contributed by atoms with Crippen molar-refractivity contribution in [1.29, 1.82) is 0 Å². The number of nitrogens with one attached hydrogen (secondary N) is 1. The molecule has 0 spiro atoms. The van der Waals surface area contributed by atoms with Crippen LogP contribution in [0.15, 0.2) is 59.6 Å². The first kappa shape index (κ1) is 21.5. The molecule has 0 saturated carbocycles. The summed E-state index contributed by atoms with van der Waals surface area (Å²) in [5.74, 6) is -0.878. The lowest BCUT2D eigenvalue weighted by atomic mass is 10.2. The SMILES string of the molecule is O=C(Nc1ccc(Cl)c(S(=O)(=O)N2CCCCC2)c1)c1ccn(-c2ccc(F)cc2)n1. The van der Waals surface area contributed by atoms with Gasteiger partial charge in [-0.3, -0.25) is 4.79 Å². The lowest BCUT2D eigenvalue weighted by Gasteiger charge is -2.26. The van der Waals surface area contributed by atoms with Crippen LogP contribution < -0.4 is 5.32 Å². The van der Waals surface area contributed by atoms with E-state index in [0.717, 1.165) is 19.3 Å². The van der Waals surface area contributed by atoms with Crippen molar-refractivity contribution in [2.75, 3.05) is 18.4 Å². The molecule has 0 radical (unpaired) electrons. The molecule has 1 N–H and O–H groups in total. The van der Waals surface area contributed by atoms with Gasteiger partial charge in [0.1, 0.15) is 10.7 Å². The number of carbonyl (C=O) groups is 1. The van der Waals surface area contributed by atoms with E-state index in [9.17, 15) is 17.6 Å². The Bertz CT molecular complexity index is 1210. The highest BCUT2D eigenvalue weighted by Gasteiger charge is 2.28. The average molecular weight is 463 g/mol. The van der Waals surface area contributed by atoms with Gasteiger partial charge in [0.05, 0.1) is 10.7 Å². The second-order valence-corrected chi connectivity index (χ2v) is 9.50. The van der Waals surface area contributed by atoms with Gasteiger partial charge in [0.2, 0.25) is 10.0 Å². The van der Waals surface area contributed by atoms with E-state index >= 15 is 0 Å². The van der Waals surface area contributed by atoms with E-state index in [1.54, 1.807) is 18.3 Å². The highest BCUT2D eigenvalue weighted by atomic mass is 35.5. The number of sulfonamides is 1. The van der Waals surface area contributed by atoms with Gasteiger partial charge in [-0.1, -0.05) is 18.0 Å². The van der Waals surface area contributed by atoms with E-state index in [4.69, 9.17) is 11.6 Å². The Hall–Kier alpha value is -2.75. The highest BCUT2D eigenvalue weighted by Crippen LogP contribution is 2.29. The third-order valence-corrected chi connectivity index (χ3v) is 7.42. The zero-order valence-corrected chi connectivity index (χ0v) is 18.0. The molecule has 1 aromatic heterocycles. The largest absolute Gasteiger partial charge is 0.321 e. The molecule has 3 aromatic rings. The third kappa shape index (κ3) is 4.63. The zero-order valence-electron chi connectivity index (χ0n) is 16.5. The van der Waals surface area contributed by atoms with E-state index in [0.29, 0.717) is 24.5 Å². The molecule has 0 bridgehead atoms. The van der Waals surface area contributed by atoms with Crippen LogP contribution in [0.4, 0.5) is 10.1 Å². The summed E-state index contributed by atoms with van der Waals surface area (Å²) in [5.41, 5.74) is 1.02. The summed E-state index contributed by atoms with van der Waals surface area (Å²) in [6, 6.07) is 11.5. The summed E-state index contributed by atoms with van der Waals surface area (Å²) in [7, 11) is -3.75. The monoisotopic (exact) mass is 462 g/mol. The number of nitrogens with zero attached hydrogens (tertiary/aromatic N) is 3. The van der Waals surface area contributed by atoms with Gasteiger partial charge in [-0.15, -0.1) is 0 Å². The number of hydrogen-bond acceptors (Lipinski definition) is 4. The number of rotatable bonds is 5. The Morgan fingerprint density at radius 3 is 2.45 bits per heavy atom. The van der Waals surface area contributed by atoms with Crippen molar-refractivity contribution >= 4 is 33.2 Å². The molecule has 1 fully saturated rings. The maximum Gasteiger partial charge on any atom is 0.276 e. The Kier molecular flexibility index (Phi) is 6.08. The maximum atomic E-state index is 13.1. The molecule has 1 saturated heterocycles. The number of piperidine rings is 1. The normalized spacial score (nSPS) is 15.0. The molecule has 0 aliphatic carbocycles. The van der Waals surface area contributed by atoms with Crippen molar-refractivity contribution in [2.45, 2.75) is 24.2 Å². The number of amides is 1. The zero-order chi connectivity index (χ0) is 22.0. The van der Waals surface area contributed by atoms with E-state index in [1.807, 2.05) is 0 Å². The highest BCUT2D eigenvalue weighted by molar-refractivity contribution is 7.89. The van der Waals surface area contributed by atoms with Crippen LogP contribution in [0.2, 0.25) is 5.02 Å². The Morgan fingerprint density at radius 1 is 1.03 bits per heavy atom. The molecular formula is C21H20ClFN4O3S. The first-order valence-corrected chi connectivity index (χ1v) is 11.6. The quantitative estimate of drug-likeness (QED) is 0.619. The molecule has 0 unspecified atom stereocenters. The molecule has 31 heavy (non-hydrogen) atoms. The van der Waals surface area contributed by atoms with Crippen molar-refractivity contribution in [3.05, 3.63) is 71.3 Å². The lowest BCUT2D eigenvalue weighted by Crippen LogP contribution is -2.35. The van der Waals surface area contributed by atoms with Gasteiger partial charge in [0.15, 0.2) is 5.69 Å². The minimum absolute atomic E-state index is 0.0364. The molecule has 1 aliphatic rings. The molecule has 7 nitrogen and oxygen atoms in total. The lowest BCUT2D eigenvalue weighted by molar-refractivity contribution is 0.102. The molecule has 162 valence electrons. The van der Waals surface area contributed by atoms with E-state index in [-0.39, 0.29) is 21.4 Å². The smallest absolute Gasteiger partial charge is 0.276 e. The molecule has 4 rings (SSSR count).